The minimum atomic E-state index is -1.15. The van der Waals surface area contributed by atoms with Crippen molar-refractivity contribution in [2.24, 2.45) is 0 Å². The number of carbonyl (C=O) groups excluding carboxylic acids is 1. The molecule has 3 rings (SSSR count). The molecule has 0 radical (unpaired) electrons. The molecule has 2 unspecified atom stereocenters. The summed E-state index contributed by atoms with van der Waals surface area (Å²) < 4.78 is 28.0. The van der Waals surface area contributed by atoms with Crippen LogP contribution in [0.3, 0.4) is 0 Å². The van der Waals surface area contributed by atoms with Crippen LogP contribution in [0.1, 0.15) is 36.8 Å². The van der Waals surface area contributed by atoms with E-state index < -0.39 is 11.6 Å². The average Bonchev–Trinajstić information content (AvgIpc) is 2.68. The number of benzene rings is 1. The molecule has 0 bridgehead atoms. The van der Waals surface area contributed by atoms with Crippen LogP contribution in [0.25, 0.3) is 0 Å². The predicted octanol–water partition coefficient (Wildman–Crippen LogP) is 3.10. The van der Waals surface area contributed by atoms with Crippen molar-refractivity contribution in [1.82, 2.24) is 0 Å². The van der Waals surface area contributed by atoms with E-state index in [9.17, 15) is 13.6 Å². The first-order chi connectivity index (χ1) is 8.16. The number of ketones is 1. The number of hydrogen-bond donors (Lipinski definition) is 0. The van der Waals surface area contributed by atoms with Gasteiger partial charge in [-0.3, -0.25) is 4.79 Å². The SMILES string of the molecule is O=C1CCCC12c1cccc(F)c1CCC2F. The summed E-state index contributed by atoms with van der Waals surface area (Å²) in [5.74, 6) is -0.343. The van der Waals surface area contributed by atoms with E-state index >= 15 is 0 Å². The molecular formula is C14H14F2O. The maximum Gasteiger partial charge on any atom is 0.146 e. The monoisotopic (exact) mass is 236 g/mol. The van der Waals surface area contributed by atoms with Crippen molar-refractivity contribution in [2.45, 2.75) is 43.7 Å². The van der Waals surface area contributed by atoms with Crippen LogP contribution < -0.4 is 0 Å². The summed E-state index contributed by atoms with van der Waals surface area (Å²) in [5, 5.41) is 0. The van der Waals surface area contributed by atoms with Crippen molar-refractivity contribution in [2.75, 3.05) is 0 Å². The van der Waals surface area contributed by atoms with E-state index in [-0.39, 0.29) is 18.0 Å². The van der Waals surface area contributed by atoms with Crippen molar-refractivity contribution in [3.63, 3.8) is 0 Å². The first-order valence-electron chi connectivity index (χ1n) is 6.11. The van der Waals surface area contributed by atoms with Crippen molar-refractivity contribution in [3.8, 4) is 0 Å². The summed E-state index contributed by atoms with van der Waals surface area (Å²) in [5.41, 5.74) is 0.130. The second-order valence-corrected chi connectivity index (χ2v) is 5.02. The fourth-order valence-corrected chi connectivity index (χ4v) is 3.42. The molecule has 1 fully saturated rings. The van der Waals surface area contributed by atoms with Crippen molar-refractivity contribution >= 4 is 5.78 Å². The molecule has 1 nitrogen and oxygen atoms in total. The van der Waals surface area contributed by atoms with E-state index in [1.165, 1.54) is 6.07 Å². The zero-order valence-electron chi connectivity index (χ0n) is 9.51. The molecule has 1 aromatic carbocycles. The van der Waals surface area contributed by atoms with Crippen LogP contribution in [-0.4, -0.2) is 12.0 Å². The molecule has 2 aliphatic rings. The van der Waals surface area contributed by atoms with Gasteiger partial charge in [-0.15, -0.1) is 0 Å². The number of rotatable bonds is 0. The van der Waals surface area contributed by atoms with Gasteiger partial charge in [0, 0.05) is 6.42 Å². The standard InChI is InChI=1S/C14H14F2O/c15-11-4-1-3-10-9(11)6-7-12(16)14(10)8-2-5-13(14)17/h1,3-4,12H,2,5-8H2. The molecule has 17 heavy (non-hydrogen) atoms. The molecule has 90 valence electrons. The summed E-state index contributed by atoms with van der Waals surface area (Å²) >= 11 is 0. The van der Waals surface area contributed by atoms with E-state index in [0.29, 0.717) is 30.4 Å². The summed E-state index contributed by atoms with van der Waals surface area (Å²) in [4.78, 5) is 12.1. The molecule has 1 saturated carbocycles. The van der Waals surface area contributed by atoms with Gasteiger partial charge in [-0.2, -0.15) is 0 Å². The largest absolute Gasteiger partial charge is 0.299 e. The van der Waals surface area contributed by atoms with Gasteiger partial charge in [0.15, 0.2) is 0 Å². The molecule has 0 aliphatic heterocycles. The van der Waals surface area contributed by atoms with Crippen molar-refractivity contribution in [1.29, 1.82) is 0 Å². The van der Waals surface area contributed by atoms with Crippen LogP contribution >= 0.6 is 0 Å². The van der Waals surface area contributed by atoms with Gasteiger partial charge in [-0.25, -0.2) is 8.78 Å². The lowest BCUT2D eigenvalue weighted by atomic mass is 9.67. The summed E-state index contributed by atoms with van der Waals surface area (Å²) in [6.45, 7) is 0. The molecule has 0 saturated heterocycles. The van der Waals surface area contributed by atoms with Crippen LogP contribution in [0.15, 0.2) is 18.2 Å². The van der Waals surface area contributed by atoms with Crippen molar-refractivity contribution in [3.05, 3.63) is 35.1 Å². The highest BCUT2D eigenvalue weighted by atomic mass is 19.1. The Bertz CT molecular complexity index is 483. The first kappa shape index (κ1) is 10.9. The van der Waals surface area contributed by atoms with Gasteiger partial charge >= 0.3 is 0 Å². The Balaban J connectivity index is 2.23. The van der Waals surface area contributed by atoms with Crippen LogP contribution in [0.4, 0.5) is 8.78 Å². The Hall–Kier alpha value is -1.25. The summed E-state index contributed by atoms with van der Waals surface area (Å²) in [7, 11) is 0. The van der Waals surface area contributed by atoms with Crippen LogP contribution in [0, 0.1) is 5.82 Å². The van der Waals surface area contributed by atoms with Crippen LogP contribution in [-0.2, 0) is 16.6 Å². The topological polar surface area (TPSA) is 17.1 Å². The lowest BCUT2D eigenvalue weighted by Crippen LogP contribution is -2.44. The van der Waals surface area contributed by atoms with Gasteiger partial charge in [0.1, 0.15) is 17.8 Å². The summed E-state index contributed by atoms with van der Waals surface area (Å²) in [6, 6.07) is 4.71. The van der Waals surface area contributed by atoms with Gasteiger partial charge in [-0.05, 0) is 42.9 Å². The molecular weight excluding hydrogens is 222 g/mol. The molecule has 2 atom stereocenters. The van der Waals surface area contributed by atoms with E-state index in [0.717, 1.165) is 6.42 Å². The Morgan fingerprint density at radius 1 is 1.29 bits per heavy atom. The van der Waals surface area contributed by atoms with Crippen molar-refractivity contribution < 1.29 is 13.6 Å². The van der Waals surface area contributed by atoms with Gasteiger partial charge in [-0.1, -0.05) is 12.1 Å². The zero-order chi connectivity index (χ0) is 12.0. The average molecular weight is 236 g/mol. The number of carbonyl (C=O) groups is 1. The van der Waals surface area contributed by atoms with Crippen LogP contribution in [0.5, 0.6) is 0 Å². The second kappa shape index (κ2) is 3.62. The molecule has 3 heteroatoms. The molecule has 0 heterocycles. The minimum absolute atomic E-state index is 0.0449. The lowest BCUT2D eigenvalue weighted by molar-refractivity contribution is -0.124. The summed E-state index contributed by atoms with van der Waals surface area (Å²) in [6.07, 6.45) is 1.19. The highest BCUT2D eigenvalue weighted by Gasteiger charge is 2.53. The van der Waals surface area contributed by atoms with E-state index in [2.05, 4.69) is 0 Å². The number of hydrogen-bond acceptors (Lipinski definition) is 1. The van der Waals surface area contributed by atoms with Crippen LogP contribution in [0.2, 0.25) is 0 Å². The Kier molecular flexibility index (Phi) is 2.32. The van der Waals surface area contributed by atoms with Gasteiger partial charge in [0.05, 0.1) is 5.41 Å². The predicted molar refractivity (Wildman–Crippen MR) is 60.2 cm³/mol. The Labute approximate surface area is 98.8 Å². The Morgan fingerprint density at radius 2 is 2.12 bits per heavy atom. The maximum absolute atomic E-state index is 14.3. The molecule has 0 aromatic heterocycles. The molecule has 1 spiro atoms. The third-order valence-corrected chi connectivity index (χ3v) is 4.25. The number of alkyl halides is 1. The molecule has 1 aromatic rings. The fourth-order valence-electron chi connectivity index (χ4n) is 3.42. The normalized spacial score (nSPS) is 31.9. The smallest absolute Gasteiger partial charge is 0.146 e. The minimum Gasteiger partial charge on any atom is -0.299 e. The fraction of sp³-hybridized carbons (Fsp3) is 0.500. The second-order valence-electron chi connectivity index (χ2n) is 5.02. The highest BCUT2D eigenvalue weighted by molar-refractivity contribution is 5.93. The number of halogens is 2. The zero-order valence-corrected chi connectivity index (χ0v) is 9.51. The van der Waals surface area contributed by atoms with E-state index in [4.69, 9.17) is 0 Å². The van der Waals surface area contributed by atoms with E-state index in [1.54, 1.807) is 12.1 Å². The first-order valence-corrected chi connectivity index (χ1v) is 6.11. The van der Waals surface area contributed by atoms with Gasteiger partial charge < -0.3 is 0 Å². The number of fused-ring (bicyclic) bond motifs is 2. The highest BCUT2D eigenvalue weighted by Crippen LogP contribution is 2.48. The molecule has 0 amide bonds. The maximum atomic E-state index is 14.3. The third-order valence-electron chi connectivity index (χ3n) is 4.25. The van der Waals surface area contributed by atoms with Gasteiger partial charge in [0.2, 0.25) is 0 Å². The molecule has 0 N–H and O–H groups in total. The number of Topliss-reactive ketones (excluding diaryl/α,β-unsaturated/α-hetero) is 1. The van der Waals surface area contributed by atoms with E-state index in [1.807, 2.05) is 0 Å². The third kappa shape index (κ3) is 1.31. The van der Waals surface area contributed by atoms with Gasteiger partial charge in [0.25, 0.3) is 0 Å². The quantitative estimate of drug-likeness (QED) is 0.676. The lowest BCUT2D eigenvalue weighted by Gasteiger charge is -2.37. The Morgan fingerprint density at radius 3 is 2.82 bits per heavy atom. The molecule has 2 aliphatic carbocycles.